The third-order valence-corrected chi connectivity index (χ3v) is 8.48. The number of halogens is 1. The van der Waals surface area contributed by atoms with Gasteiger partial charge in [0.2, 0.25) is 11.8 Å². The van der Waals surface area contributed by atoms with E-state index in [1.165, 1.54) is 55.5 Å². The monoisotopic (exact) mass is 585 g/mol. The summed E-state index contributed by atoms with van der Waals surface area (Å²) in [6.45, 7) is 4.77. The Balaban J connectivity index is 2.03. The Bertz CT molecular complexity index is 1430. The lowest BCUT2D eigenvalue weighted by molar-refractivity contribution is -0.139. The third-order valence-electron chi connectivity index (χ3n) is 6.70. The fourth-order valence-corrected chi connectivity index (χ4v) is 5.44. The summed E-state index contributed by atoms with van der Waals surface area (Å²) in [4.78, 5) is 28.3. The molecule has 2 amide bonds. The molecule has 1 N–H and O–H groups in total. The van der Waals surface area contributed by atoms with Crippen molar-refractivity contribution in [1.82, 2.24) is 10.2 Å². The van der Waals surface area contributed by atoms with Crippen molar-refractivity contribution in [2.45, 2.75) is 50.7 Å². The molecule has 0 fully saturated rings. The predicted octanol–water partition coefficient (Wildman–Crippen LogP) is 4.37. The zero-order valence-electron chi connectivity index (χ0n) is 23.8. The molecule has 9 nitrogen and oxygen atoms in total. The van der Waals surface area contributed by atoms with Crippen molar-refractivity contribution in [3.8, 4) is 11.5 Å². The second-order valence-electron chi connectivity index (χ2n) is 9.53. The summed E-state index contributed by atoms with van der Waals surface area (Å²) in [5.41, 5.74) is 0.779. The topological polar surface area (TPSA) is 105 Å². The Morgan fingerprint density at radius 3 is 2.15 bits per heavy atom. The number of rotatable bonds is 13. The third kappa shape index (κ3) is 7.97. The smallest absolute Gasteiger partial charge is 0.264 e. The average Bonchev–Trinajstić information content (AvgIpc) is 2.98. The number of benzene rings is 3. The largest absolute Gasteiger partial charge is 0.497 e. The van der Waals surface area contributed by atoms with E-state index < -0.39 is 34.3 Å². The molecule has 0 saturated heterocycles. The molecule has 0 spiro atoms. The van der Waals surface area contributed by atoms with Crippen LogP contribution in [-0.4, -0.2) is 58.0 Å². The molecule has 0 aliphatic rings. The molecule has 0 saturated carbocycles. The maximum atomic E-state index is 13.9. The highest BCUT2D eigenvalue weighted by Crippen LogP contribution is 2.26. The van der Waals surface area contributed by atoms with Crippen LogP contribution in [0.4, 0.5) is 10.1 Å². The summed E-state index contributed by atoms with van der Waals surface area (Å²) >= 11 is 0. The van der Waals surface area contributed by atoms with Gasteiger partial charge in [0.25, 0.3) is 10.0 Å². The quantitative estimate of drug-likeness (QED) is 0.320. The Hall–Kier alpha value is -4.12. The van der Waals surface area contributed by atoms with Crippen molar-refractivity contribution < 1.29 is 31.9 Å². The van der Waals surface area contributed by atoms with Gasteiger partial charge in [0.15, 0.2) is 0 Å². The molecule has 0 heterocycles. The number of hydrogen-bond donors (Lipinski definition) is 1. The molecule has 0 aliphatic heterocycles. The van der Waals surface area contributed by atoms with E-state index in [1.54, 1.807) is 31.2 Å². The molecule has 3 aromatic carbocycles. The van der Waals surface area contributed by atoms with Crippen molar-refractivity contribution in [2.75, 3.05) is 25.1 Å². The first kappa shape index (κ1) is 31.4. The number of nitrogens with one attached hydrogen (secondary N) is 1. The molecule has 0 bridgehead atoms. The van der Waals surface area contributed by atoms with E-state index >= 15 is 0 Å². The zero-order chi connectivity index (χ0) is 30.2. The number of ether oxygens (including phenoxy) is 2. The van der Waals surface area contributed by atoms with Gasteiger partial charge in [-0.3, -0.25) is 13.9 Å². The number of carbonyl (C=O) groups is 2. The molecular weight excluding hydrogens is 549 g/mol. The Morgan fingerprint density at radius 2 is 1.56 bits per heavy atom. The second kappa shape index (κ2) is 14.0. The minimum atomic E-state index is -4.29. The molecule has 0 unspecified atom stereocenters. The fraction of sp³-hybridized carbons (Fsp3) is 0.333. The summed E-state index contributed by atoms with van der Waals surface area (Å²) in [5.74, 6) is -0.527. The van der Waals surface area contributed by atoms with Crippen LogP contribution in [0.15, 0.2) is 77.7 Å². The van der Waals surface area contributed by atoms with Crippen LogP contribution >= 0.6 is 0 Å². The lowest BCUT2D eigenvalue weighted by Crippen LogP contribution is -2.52. The van der Waals surface area contributed by atoms with Gasteiger partial charge in [-0.2, -0.15) is 0 Å². The van der Waals surface area contributed by atoms with Gasteiger partial charge in [-0.1, -0.05) is 19.1 Å². The number of nitrogens with zero attached hydrogens (tertiary/aromatic N) is 2. The van der Waals surface area contributed by atoms with Gasteiger partial charge < -0.3 is 19.7 Å². The van der Waals surface area contributed by atoms with Crippen LogP contribution in [0, 0.1) is 5.82 Å². The fourth-order valence-electron chi connectivity index (χ4n) is 4.03. The molecule has 2 atom stereocenters. The molecule has 0 aliphatic carbocycles. The highest BCUT2D eigenvalue weighted by molar-refractivity contribution is 7.92. The number of methoxy groups -OCH3 is 2. The van der Waals surface area contributed by atoms with Crippen LogP contribution in [0.25, 0.3) is 0 Å². The molecule has 0 aromatic heterocycles. The molecule has 220 valence electrons. The number of amides is 2. The van der Waals surface area contributed by atoms with Gasteiger partial charge in [-0.05, 0) is 86.5 Å². The first-order chi connectivity index (χ1) is 19.5. The summed E-state index contributed by atoms with van der Waals surface area (Å²) in [6.07, 6.45) is 0.695. The normalized spacial score (nSPS) is 12.6. The average molecular weight is 586 g/mol. The van der Waals surface area contributed by atoms with E-state index in [1.807, 2.05) is 13.8 Å². The van der Waals surface area contributed by atoms with Gasteiger partial charge in [0.1, 0.15) is 29.9 Å². The van der Waals surface area contributed by atoms with Crippen molar-refractivity contribution in [2.24, 2.45) is 0 Å². The van der Waals surface area contributed by atoms with Crippen LogP contribution in [-0.2, 0) is 26.2 Å². The lowest BCUT2D eigenvalue weighted by atomic mass is 10.1. The van der Waals surface area contributed by atoms with Gasteiger partial charge in [0.05, 0.1) is 24.8 Å². The van der Waals surface area contributed by atoms with Crippen molar-refractivity contribution >= 4 is 27.5 Å². The Kier molecular flexibility index (Phi) is 10.7. The number of carbonyl (C=O) groups excluding carboxylic acids is 2. The number of sulfonamides is 1. The maximum absolute atomic E-state index is 13.9. The van der Waals surface area contributed by atoms with E-state index in [0.717, 1.165) is 16.4 Å². The Morgan fingerprint density at radius 1 is 0.927 bits per heavy atom. The lowest BCUT2D eigenvalue weighted by Gasteiger charge is -2.32. The van der Waals surface area contributed by atoms with Crippen LogP contribution in [0.2, 0.25) is 0 Å². The molecule has 3 rings (SSSR count). The second-order valence-corrected chi connectivity index (χ2v) is 11.4. The minimum absolute atomic E-state index is 0.0188. The van der Waals surface area contributed by atoms with E-state index in [0.29, 0.717) is 23.5 Å². The first-order valence-electron chi connectivity index (χ1n) is 13.1. The van der Waals surface area contributed by atoms with E-state index in [4.69, 9.17) is 9.47 Å². The van der Waals surface area contributed by atoms with Crippen LogP contribution in [0.1, 0.15) is 32.8 Å². The van der Waals surface area contributed by atoms with Gasteiger partial charge in [0, 0.05) is 12.6 Å². The molecule has 11 heteroatoms. The highest BCUT2D eigenvalue weighted by atomic mass is 32.2. The first-order valence-corrected chi connectivity index (χ1v) is 14.6. The molecule has 0 radical (unpaired) electrons. The van der Waals surface area contributed by atoms with E-state index in [-0.39, 0.29) is 29.1 Å². The summed E-state index contributed by atoms with van der Waals surface area (Å²) in [7, 11) is -1.30. The SMILES string of the molecule is CC[C@H](C)NC(=O)[C@H](C)N(Cc1cccc(OC)c1)C(=O)CN(c1ccc(F)cc1)S(=O)(=O)c1ccc(OC)cc1. The van der Waals surface area contributed by atoms with Crippen LogP contribution in [0.3, 0.4) is 0 Å². The summed E-state index contributed by atoms with van der Waals surface area (Å²) in [6, 6.07) is 16.5. The van der Waals surface area contributed by atoms with Crippen molar-refractivity contribution in [1.29, 1.82) is 0 Å². The maximum Gasteiger partial charge on any atom is 0.264 e. The van der Waals surface area contributed by atoms with Crippen LogP contribution in [0.5, 0.6) is 11.5 Å². The van der Waals surface area contributed by atoms with Crippen molar-refractivity contribution in [3.05, 3.63) is 84.2 Å². The molecule has 41 heavy (non-hydrogen) atoms. The predicted molar refractivity (Wildman–Crippen MR) is 155 cm³/mol. The van der Waals surface area contributed by atoms with Crippen LogP contribution < -0.4 is 19.1 Å². The van der Waals surface area contributed by atoms with E-state index in [9.17, 15) is 22.4 Å². The number of anilines is 1. The van der Waals surface area contributed by atoms with Gasteiger partial charge >= 0.3 is 0 Å². The van der Waals surface area contributed by atoms with Gasteiger partial charge in [-0.15, -0.1) is 0 Å². The summed E-state index contributed by atoms with van der Waals surface area (Å²) < 4.78 is 52.8. The zero-order valence-corrected chi connectivity index (χ0v) is 24.7. The molecule has 3 aromatic rings. The van der Waals surface area contributed by atoms with Crippen molar-refractivity contribution in [3.63, 3.8) is 0 Å². The van der Waals surface area contributed by atoms with E-state index in [2.05, 4.69) is 5.32 Å². The summed E-state index contributed by atoms with van der Waals surface area (Å²) in [5, 5.41) is 2.89. The minimum Gasteiger partial charge on any atom is -0.497 e. The molecular formula is C30H36FN3O6S. The standard InChI is InChI=1S/C30H36FN3O6S/c1-6-21(2)32-30(36)22(3)33(19-23-8-7-9-27(18-23)40-5)29(35)20-34(25-12-10-24(31)11-13-25)41(37,38)28-16-14-26(39-4)15-17-28/h7-18,21-22H,6,19-20H2,1-5H3,(H,32,36)/t21-,22-/m0/s1. The van der Waals surface area contributed by atoms with Gasteiger partial charge in [-0.25, -0.2) is 12.8 Å². The number of hydrogen-bond acceptors (Lipinski definition) is 6. The Labute approximate surface area is 240 Å². The highest BCUT2D eigenvalue weighted by Gasteiger charge is 2.33.